The maximum atomic E-state index is 14.7. The molecule has 2 aliphatic rings. The highest BCUT2D eigenvalue weighted by Crippen LogP contribution is 2.32. The highest BCUT2D eigenvalue weighted by Gasteiger charge is 2.32. The van der Waals surface area contributed by atoms with Gasteiger partial charge in [-0.25, -0.2) is 9.18 Å². The van der Waals surface area contributed by atoms with E-state index >= 15 is 0 Å². The number of anilines is 2. The van der Waals surface area contributed by atoms with Gasteiger partial charge in [0.1, 0.15) is 11.9 Å². The summed E-state index contributed by atoms with van der Waals surface area (Å²) in [4.78, 5) is 29.1. The van der Waals surface area contributed by atoms with E-state index in [-0.39, 0.29) is 25.0 Å². The topological polar surface area (TPSA) is 83.0 Å². The zero-order valence-electron chi connectivity index (χ0n) is 16.3. The van der Waals surface area contributed by atoms with E-state index in [1.165, 1.54) is 17.9 Å². The predicted molar refractivity (Wildman–Crippen MR) is 115 cm³/mol. The number of cyclic esters (lactones) is 1. The molecule has 0 spiro atoms. The molecule has 0 radical (unpaired) electrons. The van der Waals surface area contributed by atoms with Gasteiger partial charge in [-0.1, -0.05) is 42.1 Å². The number of benzene rings is 2. The molecular weight excluding hydrogens is 407 g/mol. The molecule has 0 aromatic heterocycles. The lowest BCUT2D eigenvalue weighted by Crippen LogP contribution is -2.33. The third-order valence-electron chi connectivity index (χ3n) is 4.79. The molecule has 2 N–H and O–H groups in total. The van der Waals surface area contributed by atoms with Crippen molar-refractivity contribution in [2.45, 2.75) is 19.1 Å². The van der Waals surface area contributed by atoms with Crippen LogP contribution in [0.15, 0.2) is 53.5 Å². The van der Waals surface area contributed by atoms with Gasteiger partial charge in [-0.05, 0) is 23.8 Å². The van der Waals surface area contributed by atoms with Gasteiger partial charge in [0, 0.05) is 12.7 Å². The number of aliphatic imine (C=N–C) groups is 1. The molecule has 2 aromatic rings. The van der Waals surface area contributed by atoms with Crippen LogP contribution in [0.25, 0.3) is 0 Å². The number of nitrogens with zero attached hydrogens (tertiary/aromatic N) is 2. The minimum atomic E-state index is -0.563. The monoisotopic (exact) mass is 428 g/mol. The molecular formula is C21H21FN4O3S. The summed E-state index contributed by atoms with van der Waals surface area (Å²) in [5.41, 5.74) is 1.82. The molecule has 4 rings (SSSR count). The number of amides is 2. The fourth-order valence-electron chi connectivity index (χ4n) is 3.27. The molecule has 2 aromatic carbocycles. The first kappa shape index (κ1) is 20.2. The van der Waals surface area contributed by atoms with E-state index in [9.17, 15) is 14.0 Å². The van der Waals surface area contributed by atoms with Crippen LogP contribution in [-0.2, 0) is 9.53 Å². The Morgan fingerprint density at radius 2 is 2.10 bits per heavy atom. The standard InChI is InChI=1S/C21H21FN4O3S/c1-13(27)23-10-16-11-26(21(28)29-16)15-7-8-18(17(22)9-15)24-20-25-19(12-30-20)14-5-3-2-4-6-14/h2-9,16,19H,10-12H2,1H3,(H,23,27)(H,24,25). The minimum absolute atomic E-state index is 0.0425. The number of rotatable bonds is 5. The molecule has 2 aliphatic heterocycles. The maximum Gasteiger partial charge on any atom is 0.414 e. The van der Waals surface area contributed by atoms with Crippen molar-refractivity contribution in [3.8, 4) is 0 Å². The Bertz CT molecular complexity index is 985. The molecule has 30 heavy (non-hydrogen) atoms. The van der Waals surface area contributed by atoms with E-state index < -0.39 is 18.0 Å². The number of carbonyl (C=O) groups is 2. The molecule has 2 heterocycles. The summed E-state index contributed by atoms with van der Waals surface area (Å²) < 4.78 is 19.9. The molecule has 2 atom stereocenters. The summed E-state index contributed by atoms with van der Waals surface area (Å²) in [5.74, 6) is 0.103. The molecule has 156 valence electrons. The van der Waals surface area contributed by atoms with Gasteiger partial charge in [-0.3, -0.25) is 14.7 Å². The van der Waals surface area contributed by atoms with E-state index in [1.54, 1.807) is 23.9 Å². The fourth-order valence-corrected chi connectivity index (χ4v) is 4.24. The van der Waals surface area contributed by atoms with Gasteiger partial charge < -0.3 is 15.4 Å². The van der Waals surface area contributed by atoms with Crippen molar-refractivity contribution in [2.75, 3.05) is 29.1 Å². The number of ether oxygens (including phenoxy) is 1. The van der Waals surface area contributed by atoms with Crippen molar-refractivity contribution in [3.63, 3.8) is 0 Å². The third-order valence-corrected chi connectivity index (χ3v) is 5.76. The van der Waals surface area contributed by atoms with Crippen molar-refractivity contribution in [1.29, 1.82) is 0 Å². The summed E-state index contributed by atoms with van der Waals surface area (Å²) >= 11 is 1.54. The Morgan fingerprint density at radius 3 is 2.83 bits per heavy atom. The summed E-state index contributed by atoms with van der Waals surface area (Å²) in [7, 11) is 0. The summed E-state index contributed by atoms with van der Waals surface area (Å²) in [6.45, 7) is 1.86. The Hall–Kier alpha value is -3.07. The summed E-state index contributed by atoms with van der Waals surface area (Å²) in [5, 5.41) is 6.31. The first-order chi connectivity index (χ1) is 14.5. The van der Waals surface area contributed by atoms with Crippen molar-refractivity contribution >= 4 is 40.3 Å². The quantitative estimate of drug-likeness (QED) is 0.761. The molecule has 1 fully saturated rings. The van der Waals surface area contributed by atoms with Crippen LogP contribution in [0.5, 0.6) is 0 Å². The zero-order valence-corrected chi connectivity index (χ0v) is 17.1. The SMILES string of the molecule is CC(=O)NCC1CN(c2ccc(NC3=NC(c4ccccc4)CS3)c(F)c2)C(=O)O1. The van der Waals surface area contributed by atoms with Crippen LogP contribution in [-0.4, -0.2) is 42.1 Å². The van der Waals surface area contributed by atoms with Crippen molar-refractivity contribution in [3.05, 3.63) is 59.9 Å². The fraction of sp³-hybridized carbons (Fsp3) is 0.286. The second kappa shape index (κ2) is 8.74. The van der Waals surface area contributed by atoms with Gasteiger partial charge in [0.2, 0.25) is 5.91 Å². The van der Waals surface area contributed by atoms with Crippen molar-refractivity contribution in [1.82, 2.24) is 5.32 Å². The molecule has 0 bridgehead atoms. The largest absolute Gasteiger partial charge is 0.442 e. The number of halogens is 1. The Morgan fingerprint density at radius 1 is 1.30 bits per heavy atom. The van der Waals surface area contributed by atoms with Crippen LogP contribution in [0.2, 0.25) is 0 Å². The number of hydrogen-bond acceptors (Lipinski definition) is 6. The van der Waals surface area contributed by atoms with Gasteiger partial charge in [-0.2, -0.15) is 0 Å². The van der Waals surface area contributed by atoms with E-state index in [1.807, 2.05) is 30.3 Å². The second-order valence-electron chi connectivity index (χ2n) is 7.01. The van der Waals surface area contributed by atoms with Crippen LogP contribution >= 0.6 is 11.8 Å². The Labute approximate surface area is 177 Å². The first-order valence-corrected chi connectivity index (χ1v) is 10.5. The van der Waals surface area contributed by atoms with Crippen LogP contribution in [0.3, 0.4) is 0 Å². The van der Waals surface area contributed by atoms with Crippen LogP contribution in [0.4, 0.5) is 20.6 Å². The van der Waals surface area contributed by atoms with Gasteiger partial charge in [0.15, 0.2) is 5.17 Å². The van der Waals surface area contributed by atoms with Crippen LogP contribution in [0, 0.1) is 5.82 Å². The summed E-state index contributed by atoms with van der Waals surface area (Å²) in [6, 6.07) is 14.5. The van der Waals surface area contributed by atoms with Crippen molar-refractivity contribution < 1.29 is 18.7 Å². The van der Waals surface area contributed by atoms with E-state index in [0.717, 1.165) is 11.3 Å². The van der Waals surface area contributed by atoms with Gasteiger partial charge >= 0.3 is 6.09 Å². The first-order valence-electron chi connectivity index (χ1n) is 9.54. The lowest BCUT2D eigenvalue weighted by molar-refractivity contribution is -0.119. The molecule has 2 amide bonds. The lowest BCUT2D eigenvalue weighted by atomic mass is 10.1. The number of hydrogen-bond donors (Lipinski definition) is 2. The van der Waals surface area contributed by atoms with Gasteiger partial charge in [0.25, 0.3) is 0 Å². The smallest absolute Gasteiger partial charge is 0.414 e. The lowest BCUT2D eigenvalue weighted by Gasteiger charge is -2.15. The third kappa shape index (κ3) is 4.56. The highest BCUT2D eigenvalue weighted by molar-refractivity contribution is 8.14. The summed E-state index contributed by atoms with van der Waals surface area (Å²) in [6.07, 6.45) is -1.03. The Balaban J connectivity index is 1.41. The maximum absolute atomic E-state index is 14.7. The normalized spacial score (nSPS) is 20.7. The van der Waals surface area contributed by atoms with Crippen LogP contribution in [0.1, 0.15) is 18.5 Å². The number of amidine groups is 1. The molecule has 7 nitrogen and oxygen atoms in total. The molecule has 9 heteroatoms. The van der Waals surface area contributed by atoms with E-state index in [2.05, 4.69) is 15.6 Å². The highest BCUT2D eigenvalue weighted by atomic mass is 32.2. The molecule has 0 saturated carbocycles. The number of thioether (sulfide) groups is 1. The van der Waals surface area contributed by atoms with Gasteiger partial charge in [-0.15, -0.1) is 0 Å². The average molecular weight is 428 g/mol. The van der Waals surface area contributed by atoms with E-state index in [4.69, 9.17) is 4.74 Å². The van der Waals surface area contributed by atoms with Crippen molar-refractivity contribution in [2.24, 2.45) is 4.99 Å². The molecule has 0 aliphatic carbocycles. The molecule has 1 saturated heterocycles. The Kier molecular flexibility index (Phi) is 5.89. The average Bonchev–Trinajstić information content (AvgIpc) is 3.35. The number of nitrogens with one attached hydrogen (secondary N) is 2. The van der Waals surface area contributed by atoms with E-state index in [0.29, 0.717) is 16.5 Å². The zero-order chi connectivity index (χ0) is 21.1. The predicted octanol–water partition coefficient (Wildman–Crippen LogP) is 3.54. The van der Waals surface area contributed by atoms with Crippen LogP contribution < -0.4 is 15.5 Å². The number of carbonyl (C=O) groups excluding carboxylic acids is 2. The minimum Gasteiger partial charge on any atom is -0.442 e. The second-order valence-corrected chi connectivity index (χ2v) is 8.02. The molecule has 2 unspecified atom stereocenters. The van der Waals surface area contributed by atoms with Gasteiger partial charge in [0.05, 0.1) is 30.5 Å².